The molecule has 1 heterocycles. The topological polar surface area (TPSA) is 115 Å². The first-order chi connectivity index (χ1) is 9.10. The number of carbonyl (C=O) groups is 1. The molecule has 0 bridgehead atoms. The summed E-state index contributed by atoms with van der Waals surface area (Å²) in [6.07, 6.45) is 2.03. The number of nitrogen functional groups attached to an aromatic ring is 1. The highest BCUT2D eigenvalue weighted by atomic mass is 16.3. The molecule has 0 aliphatic carbocycles. The molecule has 0 fully saturated rings. The molecule has 2 aromatic rings. The molecular formula is C13H14N4O2. The Morgan fingerprint density at radius 3 is 2.42 bits per heavy atom. The number of primary amides is 1. The van der Waals surface area contributed by atoms with Crippen LogP contribution in [0.2, 0.25) is 0 Å². The Morgan fingerprint density at radius 1 is 1.21 bits per heavy atom. The van der Waals surface area contributed by atoms with E-state index in [9.17, 15) is 4.79 Å². The minimum atomic E-state index is -0.692. The number of hydrogen-bond donors (Lipinski definition) is 3. The van der Waals surface area contributed by atoms with Gasteiger partial charge in [-0.15, -0.1) is 0 Å². The Hall–Kier alpha value is -2.47. The lowest BCUT2D eigenvalue weighted by Gasteiger charge is -2.05. The molecule has 6 nitrogen and oxygen atoms in total. The minimum Gasteiger partial charge on any atom is -0.392 e. The summed E-state index contributed by atoms with van der Waals surface area (Å²) < 4.78 is 0. The number of hydrogen-bond acceptors (Lipinski definition) is 5. The van der Waals surface area contributed by atoms with E-state index in [1.807, 2.05) is 24.3 Å². The van der Waals surface area contributed by atoms with Crippen LogP contribution in [0.1, 0.15) is 27.3 Å². The Balaban J connectivity index is 2.22. The van der Waals surface area contributed by atoms with Crippen LogP contribution in [0, 0.1) is 0 Å². The molecular weight excluding hydrogens is 244 g/mol. The predicted molar refractivity (Wildman–Crippen MR) is 70.1 cm³/mol. The second-order valence-electron chi connectivity index (χ2n) is 4.11. The van der Waals surface area contributed by atoms with Crippen LogP contribution in [-0.4, -0.2) is 21.0 Å². The zero-order chi connectivity index (χ0) is 13.8. The molecule has 0 radical (unpaired) electrons. The summed E-state index contributed by atoms with van der Waals surface area (Å²) in [6.45, 7) is 0.00772. The lowest BCUT2D eigenvalue weighted by Crippen LogP contribution is -2.17. The normalized spacial score (nSPS) is 10.4. The number of amides is 1. The van der Waals surface area contributed by atoms with Crippen LogP contribution < -0.4 is 11.5 Å². The molecule has 0 saturated carbocycles. The maximum Gasteiger partial charge on any atom is 0.271 e. The Labute approximate surface area is 110 Å². The molecule has 1 aromatic carbocycles. The van der Waals surface area contributed by atoms with Crippen molar-refractivity contribution in [1.82, 2.24) is 9.97 Å². The molecule has 0 aliphatic rings. The zero-order valence-corrected chi connectivity index (χ0v) is 10.2. The molecule has 5 N–H and O–H groups in total. The molecule has 1 aromatic heterocycles. The first-order valence-corrected chi connectivity index (χ1v) is 5.70. The minimum absolute atomic E-state index is 0.00772. The summed E-state index contributed by atoms with van der Waals surface area (Å²) in [5, 5.41) is 8.96. The summed E-state index contributed by atoms with van der Waals surface area (Å²) in [5.41, 5.74) is 13.1. The number of aliphatic hydroxyl groups excluding tert-OH is 1. The quantitative estimate of drug-likeness (QED) is 0.726. The van der Waals surface area contributed by atoms with Crippen LogP contribution in [0.3, 0.4) is 0 Å². The molecule has 0 unspecified atom stereocenters. The van der Waals surface area contributed by atoms with E-state index in [4.69, 9.17) is 16.6 Å². The Morgan fingerprint density at radius 2 is 1.84 bits per heavy atom. The fourth-order valence-corrected chi connectivity index (χ4v) is 1.67. The van der Waals surface area contributed by atoms with Gasteiger partial charge in [0, 0.05) is 6.42 Å². The van der Waals surface area contributed by atoms with Crippen molar-refractivity contribution in [2.75, 3.05) is 5.73 Å². The smallest absolute Gasteiger partial charge is 0.271 e. The van der Waals surface area contributed by atoms with Gasteiger partial charge in [0.15, 0.2) is 11.5 Å². The molecule has 19 heavy (non-hydrogen) atoms. The lowest BCUT2D eigenvalue weighted by atomic mass is 10.1. The van der Waals surface area contributed by atoms with Gasteiger partial charge in [-0.2, -0.15) is 0 Å². The lowest BCUT2D eigenvalue weighted by molar-refractivity contribution is 0.0996. The van der Waals surface area contributed by atoms with E-state index >= 15 is 0 Å². The number of carbonyl (C=O) groups excluding carboxylic acids is 1. The van der Waals surface area contributed by atoms with Crippen LogP contribution in [0.25, 0.3) is 0 Å². The van der Waals surface area contributed by atoms with Gasteiger partial charge in [-0.1, -0.05) is 24.3 Å². The van der Waals surface area contributed by atoms with Gasteiger partial charge < -0.3 is 16.6 Å². The number of aliphatic hydroxyl groups is 1. The number of rotatable bonds is 4. The third-order valence-electron chi connectivity index (χ3n) is 2.67. The Bertz CT molecular complexity index is 596. The van der Waals surface area contributed by atoms with Gasteiger partial charge in [-0.05, 0) is 11.1 Å². The summed E-state index contributed by atoms with van der Waals surface area (Å²) in [5.74, 6) is -0.658. The van der Waals surface area contributed by atoms with Crippen molar-refractivity contribution in [3.63, 3.8) is 0 Å². The number of anilines is 1. The van der Waals surface area contributed by atoms with E-state index in [1.54, 1.807) is 0 Å². The van der Waals surface area contributed by atoms with Crippen molar-refractivity contribution in [1.29, 1.82) is 0 Å². The van der Waals surface area contributed by atoms with Gasteiger partial charge in [-0.3, -0.25) is 4.79 Å². The van der Waals surface area contributed by atoms with Crippen LogP contribution in [0.5, 0.6) is 0 Å². The molecule has 0 spiro atoms. The number of nitrogens with two attached hydrogens (primary N) is 2. The molecule has 6 heteroatoms. The van der Waals surface area contributed by atoms with Crippen molar-refractivity contribution >= 4 is 11.7 Å². The third-order valence-corrected chi connectivity index (χ3v) is 2.67. The van der Waals surface area contributed by atoms with Crippen LogP contribution in [-0.2, 0) is 13.0 Å². The molecule has 0 saturated heterocycles. The summed E-state index contributed by atoms with van der Waals surface area (Å²) >= 11 is 0. The highest BCUT2D eigenvalue weighted by Gasteiger charge is 2.10. The van der Waals surface area contributed by atoms with Crippen molar-refractivity contribution in [3.8, 4) is 0 Å². The number of benzene rings is 1. The summed E-state index contributed by atoms with van der Waals surface area (Å²) in [7, 11) is 0. The van der Waals surface area contributed by atoms with Crippen LogP contribution >= 0.6 is 0 Å². The standard InChI is InChI=1S/C13H14N4O2/c14-12-11(13(15)19)17-10(6-16-12)5-8-1-3-9(7-18)4-2-8/h1-4,6,18H,5,7H2,(H2,14,16)(H2,15,19). The van der Waals surface area contributed by atoms with Crippen molar-refractivity contribution in [2.24, 2.45) is 5.73 Å². The fraction of sp³-hybridized carbons (Fsp3) is 0.154. The van der Waals surface area contributed by atoms with Crippen molar-refractivity contribution < 1.29 is 9.90 Å². The van der Waals surface area contributed by atoms with Crippen molar-refractivity contribution in [3.05, 3.63) is 53.0 Å². The van der Waals surface area contributed by atoms with Gasteiger partial charge in [0.1, 0.15) is 0 Å². The maximum atomic E-state index is 11.1. The van der Waals surface area contributed by atoms with Gasteiger partial charge in [0.2, 0.25) is 0 Å². The van der Waals surface area contributed by atoms with Crippen molar-refractivity contribution in [2.45, 2.75) is 13.0 Å². The Kier molecular flexibility index (Phi) is 3.72. The zero-order valence-electron chi connectivity index (χ0n) is 10.2. The fourth-order valence-electron chi connectivity index (χ4n) is 1.67. The highest BCUT2D eigenvalue weighted by Crippen LogP contribution is 2.11. The summed E-state index contributed by atoms with van der Waals surface area (Å²) in [6, 6.07) is 7.42. The van der Waals surface area contributed by atoms with Gasteiger partial charge in [0.25, 0.3) is 5.91 Å². The number of nitrogens with zero attached hydrogens (tertiary/aromatic N) is 2. The SMILES string of the molecule is NC(=O)c1nc(Cc2ccc(CO)cc2)cnc1N. The summed E-state index contributed by atoms with van der Waals surface area (Å²) in [4.78, 5) is 19.1. The monoisotopic (exact) mass is 258 g/mol. The average molecular weight is 258 g/mol. The van der Waals surface area contributed by atoms with Gasteiger partial charge >= 0.3 is 0 Å². The molecule has 98 valence electrons. The molecule has 1 amide bonds. The van der Waals surface area contributed by atoms with E-state index in [2.05, 4.69) is 9.97 Å². The van der Waals surface area contributed by atoms with E-state index in [-0.39, 0.29) is 18.1 Å². The first kappa shape index (κ1) is 13.0. The van der Waals surface area contributed by atoms with E-state index in [1.165, 1.54) is 6.20 Å². The van der Waals surface area contributed by atoms with E-state index < -0.39 is 5.91 Å². The van der Waals surface area contributed by atoms with E-state index in [0.717, 1.165) is 11.1 Å². The van der Waals surface area contributed by atoms with Crippen LogP contribution in [0.15, 0.2) is 30.5 Å². The second-order valence-corrected chi connectivity index (χ2v) is 4.11. The van der Waals surface area contributed by atoms with Gasteiger partial charge in [0.05, 0.1) is 18.5 Å². The average Bonchev–Trinajstić information content (AvgIpc) is 2.41. The van der Waals surface area contributed by atoms with Gasteiger partial charge in [-0.25, -0.2) is 9.97 Å². The predicted octanol–water partition coefficient (Wildman–Crippen LogP) is 0.241. The van der Waals surface area contributed by atoms with E-state index in [0.29, 0.717) is 12.1 Å². The highest BCUT2D eigenvalue weighted by molar-refractivity contribution is 5.94. The maximum absolute atomic E-state index is 11.1. The third kappa shape index (κ3) is 3.05. The largest absolute Gasteiger partial charge is 0.392 e. The first-order valence-electron chi connectivity index (χ1n) is 5.70. The molecule has 0 atom stereocenters. The second kappa shape index (κ2) is 5.45. The molecule has 0 aliphatic heterocycles. The molecule has 2 rings (SSSR count). The van der Waals surface area contributed by atoms with Crippen LogP contribution in [0.4, 0.5) is 5.82 Å². The number of aromatic nitrogens is 2.